The fourth-order valence-electron chi connectivity index (χ4n) is 6.12. The lowest BCUT2D eigenvalue weighted by Gasteiger charge is -2.59. The third kappa shape index (κ3) is 1.44. The smallest absolute Gasteiger partial charge is 0.174 e. The summed E-state index contributed by atoms with van der Waals surface area (Å²) in [6.45, 7) is 3.30. The summed E-state index contributed by atoms with van der Waals surface area (Å²) < 4.78 is 11.9. The van der Waals surface area contributed by atoms with Crippen molar-refractivity contribution in [3.05, 3.63) is 23.3 Å². The number of benzene rings is 1. The average Bonchev–Trinajstić information content (AvgIpc) is 2.88. The van der Waals surface area contributed by atoms with Crippen molar-refractivity contribution in [2.24, 2.45) is 11.8 Å². The van der Waals surface area contributed by atoms with E-state index in [1.807, 2.05) is 6.07 Å². The van der Waals surface area contributed by atoms with Crippen LogP contribution in [0.15, 0.2) is 12.1 Å². The number of hydrogen-bond donors (Lipinski definition) is 0. The van der Waals surface area contributed by atoms with E-state index in [4.69, 9.17) is 9.47 Å². The van der Waals surface area contributed by atoms with Crippen LogP contribution in [0.2, 0.25) is 0 Å². The second kappa shape index (κ2) is 4.29. The van der Waals surface area contributed by atoms with Crippen molar-refractivity contribution < 1.29 is 14.3 Å². The molecule has 2 fully saturated rings. The molecule has 2 heterocycles. The van der Waals surface area contributed by atoms with Gasteiger partial charge in [-0.1, -0.05) is 13.0 Å². The highest BCUT2D eigenvalue weighted by atomic mass is 16.5. The van der Waals surface area contributed by atoms with E-state index in [-0.39, 0.29) is 17.3 Å². The molecule has 5 rings (SSSR count). The number of Topliss-reactive ketones (excluding diaryl/α,β-unsaturated/α-hetero) is 1. The van der Waals surface area contributed by atoms with E-state index in [1.165, 1.54) is 11.1 Å². The predicted octanol–water partition coefficient (Wildman–Crippen LogP) is 2.18. The van der Waals surface area contributed by atoms with Gasteiger partial charge in [-0.05, 0) is 49.9 Å². The number of hydrogen-bond acceptors (Lipinski definition) is 4. The highest BCUT2D eigenvalue weighted by Crippen LogP contribution is 2.64. The van der Waals surface area contributed by atoms with Crippen molar-refractivity contribution in [1.82, 2.24) is 4.90 Å². The Kier molecular flexibility index (Phi) is 2.59. The minimum absolute atomic E-state index is 0.122. The topological polar surface area (TPSA) is 38.8 Å². The second-order valence-electron chi connectivity index (χ2n) is 7.84. The van der Waals surface area contributed by atoms with Crippen molar-refractivity contribution in [3.63, 3.8) is 0 Å². The zero-order chi connectivity index (χ0) is 15.9. The van der Waals surface area contributed by atoms with Gasteiger partial charge >= 0.3 is 0 Å². The normalized spacial score (nSPS) is 40.6. The molecule has 1 aromatic carbocycles. The van der Waals surface area contributed by atoms with Gasteiger partial charge in [0.05, 0.1) is 7.11 Å². The van der Waals surface area contributed by atoms with Crippen LogP contribution in [0.5, 0.6) is 11.5 Å². The van der Waals surface area contributed by atoms with Gasteiger partial charge in [-0.15, -0.1) is 0 Å². The molecule has 5 atom stereocenters. The monoisotopic (exact) mass is 313 g/mol. The van der Waals surface area contributed by atoms with Crippen LogP contribution < -0.4 is 9.47 Å². The average molecular weight is 313 g/mol. The zero-order valence-electron chi connectivity index (χ0n) is 14.0. The first kappa shape index (κ1) is 13.8. The van der Waals surface area contributed by atoms with E-state index in [0.29, 0.717) is 24.3 Å². The Labute approximate surface area is 136 Å². The Morgan fingerprint density at radius 2 is 2.17 bits per heavy atom. The molecule has 1 saturated heterocycles. The predicted molar refractivity (Wildman–Crippen MR) is 86.1 cm³/mol. The summed E-state index contributed by atoms with van der Waals surface area (Å²) in [6.07, 6.45) is 2.42. The Balaban J connectivity index is 1.82. The fraction of sp³-hybridized carbons (Fsp3) is 0.632. The lowest BCUT2D eigenvalue weighted by atomic mass is 9.49. The van der Waals surface area contributed by atoms with Crippen LogP contribution >= 0.6 is 0 Å². The van der Waals surface area contributed by atoms with Gasteiger partial charge in [0.2, 0.25) is 0 Å². The maximum atomic E-state index is 12.8. The molecule has 0 amide bonds. The molecule has 4 aliphatic rings. The number of carbonyl (C=O) groups is 1. The van der Waals surface area contributed by atoms with Crippen LogP contribution in [-0.4, -0.2) is 43.5 Å². The first-order valence-corrected chi connectivity index (χ1v) is 8.68. The Morgan fingerprint density at radius 3 is 2.96 bits per heavy atom. The van der Waals surface area contributed by atoms with Gasteiger partial charge in [0.1, 0.15) is 0 Å². The van der Waals surface area contributed by atoms with E-state index in [0.717, 1.165) is 30.9 Å². The molecule has 4 heteroatoms. The number of ketones is 1. The van der Waals surface area contributed by atoms with Crippen molar-refractivity contribution in [2.45, 2.75) is 43.7 Å². The van der Waals surface area contributed by atoms with Crippen molar-refractivity contribution in [3.8, 4) is 11.5 Å². The van der Waals surface area contributed by atoms with Crippen molar-refractivity contribution in [1.29, 1.82) is 0 Å². The Morgan fingerprint density at radius 1 is 1.35 bits per heavy atom. The van der Waals surface area contributed by atoms with Crippen LogP contribution in [0.3, 0.4) is 0 Å². The molecule has 1 aromatic rings. The van der Waals surface area contributed by atoms with Gasteiger partial charge in [-0.3, -0.25) is 4.79 Å². The number of rotatable bonds is 1. The molecule has 122 valence electrons. The van der Waals surface area contributed by atoms with Crippen LogP contribution in [0.25, 0.3) is 0 Å². The Bertz CT molecular complexity index is 715. The summed E-state index contributed by atoms with van der Waals surface area (Å²) >= 11 is 0. The summed E-state index contributed by atoms with van der Waals surface area (Å²) in [5.74, 6) is 2.84. The lowest BCUT2D eigenvalue weighted by molar-refractivity contribution is -0.143. The summed E-state index contributed by atoms with van der Waals surface area (Å²) in [4.78, 5) is 15.3. The molecule has 23 heavy (non-hydrogen) atoms. The number of ether oxygens (including phenoxy) is 2. The largest absolute Gasteiger partial charge is 0.493 e. The molecular weight excluding hydrogens is 290 g/mol. The number of nitrogens with zero attached hydrogens (tertiary/aromatic N) is 1. The fourth-order valence-corrected chi connectivity index (χ4v) is 6.12. The number of likely N-dealkylation sites (tertiary alicyclic amines) is 1. The first-order valence-electron chi connectivity index (χ1n) is 8.68. The minimum atomic E-state index is -0.301. The molecule has 2 bridgehead atoms. The molecule has 2 aliphatic carbocycles. The molecule has 1 saturated carbocycles. The van der Waals surface area contributed by atoms with Gasteiger partial charge in [-0.25, -0.2) is 0 Å². The molecule has 0 aromatic heterocycles. The first-order chi connectivity index (χ1) is 11.1. The van der Waals surface area contributed by atoms with E-state index >= 15 is 0 Å². The molecule has 4 nitrogen and oxygen atoms in total. The molecule has 2 aliphatic heterocycles. The zero-order valence-corrected chi connectivity index (χ0v) is 14.0. The van der Waals surface area contributed by atoms with E-state index in [9.17, 15) is 4.79 Å². The van der Waals surface area contributed by atoms with Gasteiger partial charge in [0.25, 0.3) is 0 Å². The van der Waals surface area contributed by atoms with Gasteiger partial charge in [0, 0.05) is 23.4 Å². The maximum Gasteiger partial charge on any atom is 0.174 e. The quantitative estimate of drug-likeness (QED) is 0.796. The van der Waals surface area contributed by atoms with E-state index in [1.54, 1.807) is 7.11 Å². The van der Waals surface area contributed by atoms with Gasteiger partial charge < -0.3 is 14.4 Å². The number of carbonyl (C=O) groups excluding carboxylic acids is 1. The molecular formula is C19H23NO3. The summed E-state index contributed by atoms with van der Waals surface area (Å²) in [5.41, 5.74) is 2.54. The molecule has 0 N–H and O–H groups in total. The highest BCUT2D eigenvalue weighted by molar-refractivity contribution is 5.89. The number of methoxy groups -OCH3 is 1. The number of piperidine rings is 1. The standard InChI is InChI=1S/C19H23NO3/c1-10-8-13(21)18-19-6-7-20(2)12(15(10)19)9-11-4-5-14(22-3)17(23-18)16(11)19/h4-5,10,12,15,18H,6-9H2,1-3H3/t10-,12?,15?,18?,19?/m0/s1. The van der Waals surface area contributed by atoms with Gasteiger partial charge in [-0.2, -0.15) is 0 Å². The van der Waals surface area contributed by atoms with Crippen LogP contribution in [0.1, 0.15) is 30.9 Å². The highest BCUT2D eigenvalue weighted by Gasteiger charge is 2.67. The summed E-state index contributed by atoms with van der Waals surface area (Å²) in [7, 11) is 3.92. The number of likely N-dealkylation sites (N-methyl/N-ethyl adjacent to an activating group) is 1. The lowest BCUT2D eigenvalue weighted by Crippen LogP contribution is -2.67. The molecule has 0 radical (unpaired) electrons. The van der Waals surface area contributed by atoms with Crippen molar-refractivity contribution in [2.75, 3.05) is 20.7 Å². The molecule has 1 spiro atoms. The third-order valence-electron chi connectivity index (χ3n) is 6.91. The summed E-state index contributed by atoms with van der Waals surface area (Å²) in [5, 5.41) is 0. The van der Waals surface area contributed by atoms with Gasteiger partial charge in [0.15, 0.2) is 23.4 Å². The van der Waals surface area contributed by atoms with Crippen LogP contribution in [-0.2, 0) is 16.6 Å². The summed E-state index contributed by atoms with van der Waals surface area (Å²) in [6, 6.07) is 4.72. The van der Waals surface area contributed by atoms with E-state index < -0.39 is 0 Å². The third-order valence-corrected chi connectivity index (χ3v) is 6.91. The minimum Gasteiger partial charge on any atom is -0.493 e. The second-order valence-corrected chi connectivity index (χ2v) is 7.84. The SMILES string of the molecule is COc1ccc2c3c1OC1C(=O)C[C@H](C)C4C(C2)N(C)CCC314. The van der Waals surface area contributed by atoms with Crippen molar-refractivity contribution >= 4 is 5.78 Å². The Hall–Kier alpha value is -1.55. The maximum absolute atomic E-state index is 12.8. The van der Waals surface area contributed by atoms with E-state index in [2.05, 4.69) is 24.9 Å². The van der Waals surface area contributed by atoms with Crippen LogP contribution in [0.4, 0.5) is 0 Å². The van der Waals surface area contributed by atoms with Crippen LogP contribution in [0, 0.1) is 11.8 Å². The molecule has 4 unspecified atom stereocenters.